The maximum absolute atomic E-state index is 14.6. The van der Waals surface area contributed by atoms with Gasteiger partial charge in [0.25, 0.3) is 0 Å². The maximum Gasteiger partial charge on any atom is 0.400 e. The molecule has 2 nitrogen and oxygen atoms in total. The smallest absolute Gasteiger partial charge is 0.400 e. The van der Waals surface area contributed by atoms with Crippen molar-refractivity contribution in [3.05, 3.63) is 24.3 Å². The quantitative estimate of drug-likeness (QED) is 0.562. The van der Waals surface area contributed by atoms with Crippen molar-refractivity contribution in [2.45, 2.75) is 64.4 Å². The van der Waals surface area contributed by atoms with Crippen molar-refractivity contribution in [1.82, 2.24) is 0 Å². The standard InChI is InChI=1S/C21H29F3O2/c1-15-2-4-16(5-3-15)17-6-8-18(9-7-17)21(23,24)26-20-12-10-19(11-13-20)25-14-22/h10-13,15-18H,2-9,14H2,1H3. The predicted octanol–water partition coefficient (Wildman–Crippen LogP) is 6.60. The van der Waals surface area contributed by atoms with E-state index in [4.69, 9.17) is 4.74 Å². The molecule has 0 atom stereocenters. The zero-order valence-corrected chi connectivity index (χ0v) is 15.4. The van der Waals surface area contributed by atoms with E-state index in [0.717, 1.165) is 24.7 Å². The Bertz CT molecular complexity index is 545. The molecule has 5 heteroatoms. The first kappa shape index (κ1) is 19.4. The molecule has 0 unspecified atom stereocenters. The van der Waals surface area contributed by atoms with Crippen LogP contribution in [0.15, 0.2) is 24.3 Å². The molecule has 2 fully saturated rings. The summed E-state index contributed by atoms with van der Waals surface area (Å²) >= 11 is 0. The second-order valence-corrected chi connectivity index (χ2v) is 8.02. The highest BCUT2D eigenvalue weighted by atomic mass is 19.3. The minimum atomic E-state index is -3.17. The van der Waals surface area contributed by atoms with Crippen molar-refractivity contribution >= 4 is 0 Å². The van der Waals surface area contributed by atoms with Gasteiger partial charge in [0.1, 0.15) is 11.5 Å². The Morgan fingerprint density at radius 3 is 1.88 bits per heavy atom. The summed E-state index contributed by atoms with van der Waals surface area (Å²) in [5.74, 6) is 1.80. The molecule has 2 aliphatic carbocycles. The minimum Gasteiger partial charge on any atom is -0.463 e. The van der Waals surface area contributed by atoms with E-state index < -0.39 is 18.9 Å². The highest BCUT2D eigenvalue weighted by Crippen LogP contribution is 2.45. The number of rotatable bonds is 6. The van der Waals surface area contributed by atoms with Crippen LogP contribution < -0.4 is 9.47 Å². The first-order valence-corrected chi connectivity index (χ1v) is 9.83. The molecule has 0 saturated heterocycles. The zero-order valence-electron chi connectivity index (χ0n) is 15.4. The van der Waals surface area contributed by atoms with E-state index in [1.807, 2.05) is 0 Å². The molecule has 0 amide bonds. The Hall–Kier alpha value is -1.39. The van der Waals surface area contributed by atoms with Gasteiger partial charge in [-0.2, -0.15) is 8.78 Å². The van der Waals surface area contributed by atoms with Crippen LogP contribution in [-0.4, -0.2) is 13.0 Å². The normalized spacial score (nSPS) is 30.0. The lowest BCUT2D eigenvalue weighted by atomic mass is 9.69. The SMILES string of the molecule is CC1CCC(C2CCC(C(F)(F)Oc3ccc(OCF)cc3)CC2)CC1. The highest BCUT2D eigenvalue weighted by molar-refractivity contribution is 5.31. The fourth-order valence-corrected chi connectivity index (χ4v) is 4.59. The van der Waals surface area contributed by atoms with Crippen molar-refractivity contribution in [1.29, 1.82) is 0 Å². The topological polar surface area (TPSA) is 18.5 Å². The molecular weight excluding hydrogens is 341 g/mol. The third-order valence-corrected chi connectivity index (χ3v) is 6.27. The summed E-state index contributed by atoms with van der Waals surface area (Å²) in [5.41, 5.74) is 0. The second kappa shape index (κ2) is 8.53. The van der Waals surface area contributed by atoms with Gasteiger partial charge in [0, 0.05) is 0 Å². The van der Waals surface area contributed by atoms with E-state index in [1.165, 1.54) is 49.9 Å². The van der Waals surface area contributed by atoms with Crippen LogP contribution in [0.25, 0.3) is 0 Å². The van der Waals surface area contributed by atoms with Gasteiger partial charge in [-0.25, -0.2) is 4.39 Å². The van der Waals surface area contributed by atoms with Crippen molar-refractivity contribution < 1.29 is 22.6 Å². The van der Waals surface area contributed by atoms with Crippen LogP contribution in [0.2, 0.25) is 0 Å². The largest absolute Gasteiger partial charge is 0.463 e. The zero-order chi connectivity index (χ0) is 18.6. The Morgan fingerprint density at radius 1 is 0.846 bits per heavy atom. The van der Waals surface area contributed by atoms with Gasteiger partial charge >= 0.3 is 6.11 Å². The minimum absolute atomic E-state index is 0.0876. The molecule has 0 radical (unpaired) electrons. The lowest BCUT2D eigenvalue weighted by Crippen LogP contribution is -2.38. The van der Waals surface area contributed by atoms with Gasteiger partial charge in [-0.1, -0.05) is 19.8 Å². The molecule has 0 aromatic heterocycles. The summed E-state index contributed by atoms with van der Waals surface area (Å²) in [6, 6.07) is 5.67. The van der Waals surface area contributed by atoms with Gasteiger partial charge in [0.2, 0.25) is 6.86 Å². The van der Waals surface area contributed by atoms with Crippen LogP contribution in [0.3, 0.4) is 0 Å². The van der Waals surface area contributed by atoms with Gasteiger partial charge in [-0.3, -0.25) is 0 Å². The number of ether oxygens (including phenoxy) is 2. The van der Waals surface area contributed by atoms with Crippen molar-refractivity contribution in [2.24, 2.45) is 23.7 Å². The molecule has 2 aliphatic rings. The fourth-order valence-electron chi connectivity index (χ4n) is 4.59. The summed E-state index contributed by atoms with van der Waals surface area (Å²) in [6.07, 6.45) is 4.72. The van der Waals surface area contributed by atoms with E-state index in [1.54, 1.807) is 0 Å². The first-order valence-electron chi connectivity index (χ1n) is 9.83. The number of alkyl halides is 3. The molecule has 0 spiro atoms. The molecular formula is C21H29F3O2. The maximum atomic E-state index is 14.6. The average Bonchev–Trinajstić information content (AvgIpc) is 2.64. The molecule has 0 bridgehead atoms. The Balaban J connectivity index is 1.50. The third kappa shape index (κ3) is 4.86. The molecule has 3 rings (SSSR count). The lowest BCUT2D eigenvalue weighted by molar-refractivity contribution is -0.224. The molecule has 26 heavy (non-hydrogen) atoms. The van der Waals surface area contributed by atoms with Crippen LogP contribution in [0.4, 0.5) is 13.2 Å². The summed E-state index contributed by atoms with van der Waals surface area (Å²) < 4.78 is 50.9. The number of hydrogen-bond acceptors (Lipinski definition) is 2. The Morgan fingerprint density at radius 2 is 1.35 bits per heavy atom. The molecule has 0 aliphatic heterocycles. The molecule has 2 saturated carbocycles. The van der Waals surface area contributed by atoms with Crippen LogP contribution in [0.5, 0.6) is 11.5 Å². The van der Waals surface area contributed by atoms with E-state index in [2.05, 4.69) is 11.7 Å². The monoisotopic (exact) mass is 370 g/mol. The second-order valence-electron chi connectivity index (χ2n) is 8.02. The highest BCUT2D eigenvalue weighted by Gasteiger charge is 2.45. The lowest BCUT2D eigenvalue weighted by Gasteiger charge is -2.38. The summed E-state index contributed by atoms with van der Waals surface area (Å²) in [4.78, 5) is 0. The van der Waals surface area contributed by atoms with Gasteiger partial charge in [-0.05, 0) is 80.5 Å². The van der Waals surface area contributed by atoms with E-state index in [-0.39, 0.29) is 5.75 Å². The molecule has 0 heterocycles. The van der Waals surface area contributed by atoms with Gasteiger partial charge in [-0.15, -0.1) is 0 Å². The number of halogens is 3. The summed E-state index contributed by atoms with van der Waals surface area (Å²) in [7, 11) is 0. The van der Waals surface area contributed by atoms with Crippen LogP contribution in [0, 0.1) is 23.7 Å². The van der Waals surface area contributed by atoms with Gasteiger partial charge < -0.3 is 9.47 Å². The van der Waals surface area contributed by atoms with Crippen LogP contribution in [-0.2, 0) is 0 Å². The molecule has 146 valence electrons. The Kier molecular flexibility index (Phi) is 6.36. The Labute approximate surface area is 154 Å². The van der Waals surface area contributed by atoms with Gasteiger partial charge in [0.05, 0.1) is 5.92 Å². The number of benzene rings is 1. The average molecular weight is 370 g/mol. The molecule has 1 aromatic rings. The van der Waals surface area contributed by atoms with E-state index >= 15 is 0 Å². The van der Waals surface area contributed by atoms with Gasteiger partial charge in [0.15, 0.2) is 0 Å². The van der Waals surface area contributed by atoms with E-state index in [0.29, 0.717) is 24.5 Å². The van der Waals surface area contributed by atoms with Crippen LogP contribution in [0.1, 0.15) is 58.3 Å². The van der Waals surface area contributed by atoms with E-state index in [9.17, 15) is 13.2 Å². The fraction of sp³-hybridized carbons (Fsp3) is 0.714. The van der Waals surface area contributed by atoms with Crippen molar-refractivity contribution in [3.8, 4) is 11.5 Å². The third-order valence-electron chi connectivity index (χ3n) is 6.27. The predicted molar refractivity (Wildman–Crippen MR) is 95.2 cm³/mol. The van der Waals surface area contributed by atoms with Crippen LogP contribution >= 0.6 is 0 Å². The molecule has 1 aromatic carbocycles. The first-order chi connectivity index (χ1) is 12.5. The summed E-state index contributed by atoms with van der Waals surface area (Å²) in [6.45, 7) is 1.36. The number of hydrogen-bond donors (Lipinski definition) is 0. The summed E-state index contributed by atoms with van der Waals surface area (Å²) in [5, 5.41) is 0. The van der Waals surface area contributed by atoms with Crippen molar-refractivity contribution in [2.75, 3.05) is 6.86 Å². The van der Waals surface area contributed by atoms with Crippen molar-refractivity contribution in [3.63, 3.8) is 0 Å². The molecule has 0 N–H and O–H groups in total.